The molecule has 156 valence electrons. The molecule has 1 saturated heterocycles. The Bertz CT molecular complexity index is 805. The number of nitrogens with one attached hydrogen (secondary N) is 3. The Balaban J connectivity index is 1.19. The minimum Gasteiger partial charge on any atom is -0.490 e. The highest BCUT2D eigenvalue weighted by Crippen LogP contribution is 2.46. The lowest BCUT2D eigenvalue weighted by molar-refractivity contribution is -0.118. The number of hydrogen-bond donors (Lipinski definition) is 3. The summed E-state index contributed by atoms with van der Waals surface area (Å²) in [5.74, 6) is 0.360. The largest absolute Gasteiger partial charge is 0.490 e. The molecular weight excluding hydrogens is 375 g/mol. The molecule has 29 heavy (non-hydrogen) atoms. The van der Waals surface area contributed by atoms with E-state index in [4.69, 9.17) is 4.74 Å². The van der Waals surface area contributed by atoms with Crippen molar-refractivity contribution in [3.63, 3.8) is 0 Å². The standard InChI is InChI=1S/C21H27FN4O3/c22-17-7-6-16(12-18(17)29-14-15-4-5-15)21(8-9-21)25-23-10-2-1-3-11-26-13-19(27)24-20(26)28/h1,3,6-7,12,15,23,25H,2,4-5,8-11,13-14H2,(H,24,27,28)/b3-1+. The molecule has 3 fully saturated rings. The second-order valence-electron chi connectivity index (χ2n) is 8.03. The third-order valence-corrected chi connectivity index (χ3v) is 5.53. The molecule has 1 heterocycles. The van der Waals surface area contributed by atoms with Crippen molar-refractivity contribution in [2.24, 2.45) is 5.92 Å². The number of hydrazine groups is 1. The average molecular weight is 402 g/mol. The summed E-state index contributed by atoms with van der Waals surface area (Å²) in [6.45, 7) is 1.86. The summed E-state index contributed by atoms with van der Waals surface area (Å²) in [4.78, 5) is 24.0. The fourth-order valence-corrected chi connectivity index (χ4v) is 3.35. The Morgan fingerprint density at radius 2 is 2.10 bits per heavy atom. The third-order valence-electron chi connectivity index (χ3n) is 5.53. The molecule has 3 amide bonds. The van der Waals surface area contributed by atoms with Crippen LogP contribution in [0.5, 0.6) is 5.75 Å². The molecule has 0 bridgehead atoms. The number of amides is 3. The van der Waals surface area contributed by atoms with E-state index in [1.165, 1.54) is 23.8 Å². The quantitative estimate of drug-likeness (QED) is 0.229. The number of imide groups is 1. The predicted octanol–water partition coefficient (Wildman–Crippen LogP) is 2.20. The molecule has 1 aromatic carbocycles. The number of carbonyl (C=O) groups excluding carboxylic acids is 2. The van der Waals surface area contributed by atoms with Crippen LogP contribution in [0.25, 0.3) is 0 Å². The summed E-state index contributed by atoms with van der Waals surface area (Å²) in [6, 6.07) is 4.79. The van der Waals surface area contributed by atoms with Crippen molar-refractivity contribution in [2.45, 2.75) is 37.6 Å². The van der Waals surface area contributed by atoms with Crippen LogP contribution in [0.4, 0.5) is 9.18 Å². The minimum absolute atomic E-state index is 0.121. The van der Waals surface area contributed by atoms with E-state index in [-0.39, 0.29) is 29.8 Å². The minimum atomic E-state index is -0.338. The van der Waals surface area contributed by atoms with E-state index in [0.29, 0.717) is 24.8 Å². The van der Waals surface area contributed by atoms with Crippen LogP contribution >= 0.6 is 0 Å². The van der Waals surface area contributed by atoms with Gasteiger partial charge < -0.3 is 9.64 Å². The zero-order chi connectivity index (χ0) is 20.3. The van der Waals surface area contributed by atoms with Crippen LogP contribution in [0.3, 0.4) is 0 Å². The molecule has 3 aliphatic rings. The Morgan fingerprint density at radius 3 is 2.79 bits per heavy atom. The van der Waals surface area contributed by atoms with Gasteiger partial charge >= 0.3 is 6.03 Å². The van der Waals surface area contributed by atoms with Crippen LogP contribution in [-0.2, 0) is 10.3 Å². The highest BCUT2D eigenvalue weighted by atomic mass is 19.1. The van der Waals surface area contributed by atoms with Crippen molar-refractivity contribution in [1.29, 1.82) is 0 Å². The molecule has 3 N–H and O–H groups in total. The first-order valence-electron chi connectivity index (χ1n) is 10.2. The van der Waals surface area contributed by atoms with Gasteiger partial charge in [0.2, 0.25) is 5.91 Å². The van der Waals surface area contributed by atoms with Crippen molar-refractivity contribution in [3.8, 4) is 5.75 Å². The van der Waals surface area contributed by atoms with E-state index < -0.39 is 0 Å². The molecule has 0 aromatic heterocycles. The van der Waals surface area contributed by atoms with Gasteiger partial charge in [-0.15, -0.1) is 0 Å². The molecule has 2 saturated carbocycles. The fourth-order valence-electron chi connectivity index (χ4n) is 3.35. The summed E-state index contributed by atoms with van der Waals surface area (Å²) < 4.78 is 19.7. The second-order valence-corrected chi connectivity index (χ2v) is 8.03. The van der Waals surface area contributed by atoms with Crippen LogP contribution in [0.2, 0.25) is 0 Å². The van der Waals surface area contributed by atoms with Gasteiger partial charge in [0, 0.05) is 13.1 Å². The lowest BCUT2D eigenvalue weighted by Gasteiger charge is -2.20. The van der Waals surface area contributed by atoms with E-state index in [9.17, 15) is 14.0 Å². The lowest BCUT2D eigenvalue weighted by Crippen LogP contribution is -2.41. The van der Waals surface area contributed by atoms with Crippen LogP contribution in [0.15, 0.2) is 30.4 Å². The smallest absolute Gasteiger partial charge is 0.324 e. The first-order valence-corrected chi connectivity index (χ1v) is 10.2. The van der Waals surface area contributed by atoms with Crippen LogP contribution in [-0.4, -0.2) is 43.1 Å². The number of halogens is 1. The van der Waals surface area contributed by atoms with Gasteiger partial charge in [0.25, 0.3) is 0 Å². The molecule has 4 rings (SSSR count). The molecule has 2 aliphatic carbocycles. The van der Waals surface area contributed by atoms with E-state index in [1.54, 1.807) is 0 Å². The summed E-state index contributed by atoms with van der Waals surface area (Å²) in [6.07, 6.45) is 8.97. The summed E-state index contributed by atoms with van der Waals surface area (Å²) >= 11 is 0. The number of rotatable bonds is 11. The highest BCUT2D eigenvalue weighted by molar-refractivity contribution is 6.01. The van der Waals surface area contributed by atoms with Gasteiger partial charge in [-0.25, -0.2) is 14.6 Å². The Hall–Kier alpha value is -2.45. The van der Waals surface area contributed by atoms with Gasteiger partial charge in [-0.05, 0) is 55.7 Å². The van der Waals surface area contributed by atoms with Crippen LogP contribution in [0, 0.1) is 11.7 Å². The highest BCUT2D eigenvalue weighted by Gasteiger charge is 2.44. The average Bonchev–Trinajstić information content (AvgIpc) is 3.61. The van der Waals surface area contributed by atoms with E-state index >= 15 is 0 Å². The van der Waals surface area contributed by atoms with Gasteiger partial charge in [-0.1, -0.05) is 18.2 Å². The molecular formula is C21H27FN4O3. The SMILES string of the molecule is O=C1CN(C/C=C/CCNNC2(c3ccc(F)c(OCC4CC4)c3)CC2)C(=O)N1. The number of ether oxygens (including phenoxy) is 1. The van der Waals surface area contributed by atoms with Crippen molar-refractivity contribution in [1.82, 2.24) is 21.1 Å². The van der Waals surface area contributed by atoms with Gasteiger partial charge in [-0.3, -0.25) is 15.5 Å². The number of benzene rings is 1. The first-order chi connectivity index (χ1) is 14.1. The van der Waals surface area contributed by atoms with Crippen molar-refractivity contribution in [2.75, 3.05) is 26.2 Å². The zero-order valence-corrected chi connectivity index (χ0v) is 16.4. The Morgan fingerprint density at radius 1 is 1.28 bits per heavy atom. The van der Waals surface area contributed by atoms with Crippen LogP contribution < -0.4 is 20.9 Å². The fraction of sp³-hybridized carbons (Fsp3) is 0.524. The maximum Gasteiger partial charge on any atom is 0.324 e. The molecule has 0 unspecified atom stereocenters. The lowest BCUT2D eigenvalue weighted by atomic mass is 10.1. The first kappa shape index (κ1) is 19.8. The van der Waals surface area contributed by atoms with Gasteiger partial charge in [0.15, 0.2) is 11.6 Å². The Labute approximate surface area is 169 Å². The predicted molar refractivity (Wildman–Crippen MR) is 106 cm³/mol. The summed E-state index contributed by atoms with van der Waals surface area (Å²) in [7, 11) is 0. The normalized spacial score (nSPS) is 20.4. The molecule has 8 heteroatoms. The summed E-state index contributed by atoms with van der Waals surface area (Å²) in [5, 5.41) is 2.25. The topological polar surface area (TPSA) is 82.7 Å². The molecule has 1 aliphatic heterocycles. The van der Waals surface area contributed by atoms with Crippen molar-refractivity contribution < 1.29 is 18.7 Å². The molecule has 0 radical (unpaired) electrons. The molecule has 0 atom stereocenters. The number of urea groups is 1. The van der Waals surface area contributed by atoms with E-state index in [0.717, 1.165) is 31.4 Å². The molecule has 7 nitrogen and oxygen atoms in total. The van der Waals surface area contributed by atoms with E-state index in [1.807, 2.05) is 24.3 Å². The summed E-state index contributed by atoms with van der Waals surface area (Å²) in [5.41, 5.74) is 7.49. The molecule has 1 aromatic rings. The van der Waals surface area contributed by atoms with Crippen molar-refractivity contribution in [3.05, 3.63) is 41.7 Å². The Kier molecular flexibility index (Phi) is 5.82. The maximum absolute atomic E-state index is 14.0. The van der Waals surface area contributed by atoms with Crippen LogP contribution in [0.1, 0.15) is 37.7 Å². The zero-order valence-electron chi connectivity index (χ0n) is 16.4. The monoisotopic (exact) mass is 402 g/mol. The van der Waals surface area contributed by atoms with Crippen molar-refractivity contribution >= 4 is 11.9 Å². The number of nitrogens with zero attached hydrogens (tertiary/aromatic N) is 1. The van der Waals surface area contributed by atoms with Gasteiger partial charge in [0.1, 0.15) is 6.54 Å². The second kappa shape index (κ2) is 8.51. The van der Waals surface area contributed by atoms with E-state index in [2.05, 4.69) is 16.2 Å². The van der Waals surface area contributed by atoms with Gasteiger partial charge in [-0.2, -0.15) is 0 Å². The maximum atomic E-state index is 14.0. The number of carbonyl (C=O) groups is 2. The number of hydrogen-bond acceptors (Lipinski definition) is 5. The van der Waals surface area contributed by atoms with Gasteiger partial charge in [0.05, 0.1) is 12.1 Å². The third kappa shape index (κ3) is 5.13. The molecule has 0 spiro atoms.